The molecule has 2 fully saturated rings. The van der Waals surface area contributed by atoms with Crippen LogP contribution in [0.15, 0.2) is 60.7 Å². The molecule has 3 N–H and O–H groups in total. The van der Waals surface area contributed by atoms with Crippen molar-refractivity contribution < 1.29 is 32.3 Å². The number of epoxide rings is 1. The molecular formula is C35H49N3O7S. The van der Waals surface area contributed by atoms with E-state index in [0.717, 1.165) is 43.1 Å². The summed E-state index contributed by atoms with van der Waals surface area (Å²) in [6, 6.07) is 17.5. The summed E-state index contributed by atoms with van der Waals surface area (Å²) in [4.78, 5) is 39.9. The molecule has 0 aromatic heterocycles. The van der Waals surface area contributed by atoms with Gasteiger partial charge in [-0.3, -0.25) is 9.59 Å². The maximum Gasteiger partial charge on any atom is 0.408 e. The van der Waals surface area contributed by atoms with E-state index in [-0.39, 0.29) is 30.4 Å². The number of amides is 3. The second kappa shape index (κ2) is 15.4. The monoisotopic (exact) mass is 655 g/mol. The van der Waals surface area contributed by atoms with E-state index < -0.39 is 50.9 Å². The van der Waals surface area contributed by atoms with Crippen molar-refractivity contribution in [3.63, 3.8) is 0 Å². The quantitative estimate of drug-likeness (QED) is 0.245. The number of benzene rings is 2. The fourth-order valence-corrected chi connectivity index (χ4v) is 6.50. The van der Waals surface area contributed by atoms with Crippen molar-refractivity contribution in [2.75, 3.05) is 6.26 Å². The first-order valence-electron chi connectivity index (χ1n) is 16.2. The number of carbonyl (C=O) groups excluding carboxylic acids is 3. The third-order valence-electron chi connectivity index (χ3n) is 9.23. The van der Waals surface area contributed by atoms with Gasteiger partial charge in [0, 0.05) is 12.3 Å². The van der Waals surface area contributed by atoms with Crippen LogP contribution in [0.4, 0.5) is 4.79 Å². The molecule has 2 aromatic rings. The number of hydrogen-bond acceptors (Lipinski definition) is 7. The van der Waals surface area contributed by atoms with Gasteiger partial charge in [-0.2, -0.15) is 0 Å². The van der Waals surface area contributed by atoms with E-state index in [9.17, 15) is 22.8 Å². The maximum absolute atomic E-state index is 13.9. The molecule has 3 amide bonds. The van der Waals surface area contributed by atoms with Crippen molar-refractivity contribution in [1.82, 2.24) is 16.0 Å². The van der Waals surface area contributed by atoms with Crippen LogP contribution in [0.25, 0.3) is 0 Å². The van der Waals surface area contributed by atoms with E-state index >= 15 is 0 Å². The number of sulfone groups is 1. The first kappa shape index (κ1) is 35.4. The van der Waals surface area contributed by atoms with E-state index in [4.69, 9.17) is 9.47 Å². The molecule has 1 unspecified atom stereocenters. The molecule has 4 rings (SSSR count). The number of ether oxygens (including phenoxy) is 2. The topological polar surface area (TPSA) is 143 Å². The first-order chi connectivity index (χ1) is 21.7. The average Bonchev–Trinajstić information content (AvgIpc) is 3.56. The second-order valence-corrected chi connectivity index (χ2v) is 16.1. The molecule has 5 atom stereocenters. The van der Waals surface area contributed by atoms with E-state index in [1.807, 2.05) is 60.7 Å². The molecule has 2 aliphatic rings. The molecule has 11 heteroatoms. The Balaban J connectivity index is 1.46. The van der Waals surface area contributed by atoms with Crippen LogP contribution in [0.5, 0.6) is 0 Å². The summed E-state index contributed by atoms with van der Waals surface area (Å²) >= 11 is 0. The minimum Gasteiger partial charge on any atom is -0.446 e. The third-order valence-corrected chi connectivity index (χ3v) is 11.4. The van der Waals surface area contributed by atoms with E-state index in [0.29, 0.717) is 12.8 Å². The van der Waals surface area contributed by atoms with Gasteiger partial charge < -0.3 is 25.4 Å². The van der Waals surface area contributed by atoms with Gasteiger partial charge in [-0.25, -0.2) is 13.2 Å². The molecular weight excluding hydrogens is 606 g/mol. The van der Waals surface area contributed by atoms with Gasteiger partial charge in [-0.15, -0.1) is 0 Å². The summed E-state index contributed by atoms with van der Waals surface area (Å²) in [5.41, 5.74) is 2.07. The lowest BCUT2D eigenvalue weighted by Crippen LogP contribution is -2.62. The fraction of sp³-hybridized carbons (Fsp3) is 0.571. The Morgan fingerprint density at radius 2 is 1.46 bits per heavy atom. The van der Waals surface area contributed by atoms with Crippen LogP contribution in [-0.4, -0.2) is 73.8 Å². The Hall–Kier alpha value is -3.44. The number of hydrogen-bond donors (Lipinski definition) is 3. The second-order valence-electron chi connectivity index (χ2n) is 13.5. The minimum absolute atomic E-state index is 0.0547. The number of rotatable bonds is 15. The zero-order chi connectivity index (χ0) is 33.5. The molecule has 1 heterocycles. The predicted octanol–water partition coefficient (Wildman–Crippen LogP) is 4.12. The molecule has 1 aliphatic carbocycles. The molecule has 2 aromatic carbocycles. The Morgan fingerprint density at radius 1 is 0.891 bits per heavy atom. The Labute approximate surface area is 273 Å². The van der Waals surface area contributed by atoms with E-state index in [1.165, 1.54) is 13.8 Å². The van der Waals surface area contributed by atoms with Crippen molar-refractivity contribution in [2.24, 2.45) is 5.92 Å². The Bertz CT molecular complexity index is 1430. The summed E-state index contributed by atoms with van der Waals surface area (Å²) < 4.78 is 35.5. The summed E-state index contributed by atoms with van der Waals surface area (Å²) in [7, 11) is -3.80. The predicted molar refractivity (Wildman–Crippen MR) is 177 cm³/mol. The molecule has 1 saturated carbocycles. The smallest absolute Gasteiger partial charge is 0.408 e. The molecule has 1 saturated heterocycles. The summed E-state index contributed by atoms with van der Waals surface area (Å²) in [6.07, 6.45) is 3.63. The highest BCUT2D eigenvalue weighted by Crippen LogP contribution is 2.31. The first-order valence-corrected chi connectivity index (χ1v) is 18.1. The Morgan fingerprint density at radius 3 is 2.00 bits per heavy atom. The van der Waals surface area contributed by atoms with E-state index in [2.05, 4.69) is 29.8 Å². The zero-order valence-electron chi connectivity index (χ0n) is 27.5. The van der Waals surface area contributed by atoms with Gasteiger partial charge in [-0.1, -0.05) is 74.5 Å². The highest BCUT2D eigenvalue weighted by atomic mass is 32.2. The number of nitrogens with one attached hydrogen (secondary N) is 3. The van der Waals surface area contributed by atoms with Gasteiger partial charge in [0.1, 0.15) is 18.2 Å². The maximum atomic E-state index is 13.9. The molecule has 0 bridgehead atoms. The molecule has 46 heavy (non-hydrogen) atoms. The number of alkyl carbamates (subject to hydrolysis) is 1. The highest BCUT2D eigenvalue weighted by molar-refractivity contribution is 7.92. The largest absolute Gasteiger partial charge is 0.446 e. The van der Waals surface area contributed by atoms with Crippen LogP contribution in [0.2, 0.25) is 0 Å². The van der Waals surface area contributed by atoms with Crippen molar-refractivity contribution in [3.8, 4) is 0 Å². The van der Waals surface area contributed by atoms with Gasteiger partial charge in [0.25, 0.3) is 0 Å². The third kappa shape index (κ3) is 9.78. The number of carbonyl (C=O) groups is 3. The van der Waals surface area contributed by atoms with Gasteiger partial charge in [0.2, 0.25) is 11.8 Å². The van der Waals surface area contributed by atoms with Gasteiger partial charge in [-0.05, 0) is 69.4 Å². The summed E-state index contributed by atoms with van der Waals surface area (Å²) in [5, 5.41) is 8.68. The summed E-state index contributed by atoms with van der Waals surface area (Å²) in [6.45, 7) is 6.97. The van der Waals surface area contributed by atoms with Crippen LogP contribution in [0.1, 0.15) is 70.9 Å². The standard InChI is InChI=1S/C35H49N3O7S/c1-23(2)27(20-24-14-8-6-9-15-24)36-30(39)22-29-31(45-29)28(21-25-16-10-7-11-17-25)37-33(40)32(35(3,4)46(5,42)43)38-34(41)44-26-18-12-13-19-26/h6-11,14-17,23,26-29,31-32H,12-13,18-22H2,1-5H3,(H,36,39)(H,37,40)(H,38,41)/t27?,28-,29-,31+,32+/m0/s1. The average molecular weight is 656 g/mol. The SMILES string of the molecule is CC(C)C(Cc1ccccc1)NC(=O)C[C@@H]1O[C@@H]1[C@H](Cc1ccccc1)NC(=O)[C@@H](NC(=O)OC1CCCC1)C(C)(C)S(C)(=O)=O. The van der Waals surface area contributed by atoms with Crippen LogP contribution >= 0.6 is 0 Å². The van der Waals surface area contributed by atoms with Crippen molar-refractivity contribution in [2.45, 2.75) is 114 Å². The molecule has 0 spiro atoms. The van der Waals surface area contributed by atoms with Gasteiger partial charge in [0.15, 0.2) is 9.84 Å². The highest BCUT2D eigenvalue weighted by Gasteiger charge is 2.50. The molecule has 10 nitrogen and oxygen atoms in total. The van der Waals surface area contributed by atoms with Crippen molar-refractivity contribution in [1.29, 1.82) is 0 Å². The minimum atomic E-state index is -3.80. The summed E-state index contributed by atoms with van der Waals surface area (Å²) in [5.74, 6) is -0.589. The van der Waals surface area contributed by atoms with Gasteiger partial charge >= 0.3 is 6.09 Å². The van der Waals surface area contributed by atoms with Crippen LogP contribution in [0, 0.1) is 5.92 Å². The van der Waals surface area contributed by atoms with Crippen LogP contribution in [0.3, 0.4) is 0 Å². The fourth-order valence-electron chi connectivity index (χ4n) is 5.91. The van der Waals surface area contributed by atoms with Crippen LogP contribution in [-0.2, 0) is 41.7 Å². The van der Waals surface area contributed by atoms with Crippen molar-refractivity contribution >= 4 is 27.7 Å². The van der Waals surface area contributed by atoms with Crippen molar-refractivity contribution in [3.05, 3.63) is 71.8 Å². The normalized spacial score (nSPS) is 20.4. The molecule has 0 radical (unpaired) electrons. The Kier molecular flexibility index (Phi) is 11.9. The van der Waals surface area contributed by atoms with E-state index in [1.54, 1.807) is 0 Å². The lowest BCUT2D eigenvalue weighted by Gasteiger charge is -2.33. The lowest BCUT2D eigenvalue weighted by atomic mass is 9.95. The zero-order valence-corrected chi connectivity index (χ0v) is 28.3. The van der Waals surface area contributed by atoms with Crippen LogP contribution < -0.4 is 16.0 Å². The lowest BCUT2D eigenvalue weighted by molar-refractivity contribution is -0.124. The molecule has 252 valence electrons. The van der Waals surface area contributed by atoms with Gasteiger partial charge in [0.05, 0.1) is 23.3 Å². The molecule has 1 aliphatic heterocycles.